The Kier molecular flexibility index (Phi) is 7.56. The highest BCUT2D eigenvalue weighted by Gasteiger charge is 2.24. The number of amides is 1. The van der Waals surface area contributed by atoms with Crippen LogP contribution in [-0.4, -0.2) is 46.6 Å². The lowest BCUT2D eigenvalue weighted by atomic mass is 9.84. The molecule has 2 aliphatic rings. The molecule has 4 aromatic rings. The van der Waals surface area contributed by atoms with E-state index >= 15 is 0 Å². The Bertz CT molecular complexity index is 1370. The van der Waals surface area contributed by atoms with Crippen LogP contribution in [0.3, 0.4) is 0 Å². The minimum atomic E-state index is 0.168. The molecule has 3 heterocycles. The number of aromatic nitrogens is 2. The summed E-state index contributed by atoms with van der Waals surface area (Å²) in [7, 11) is 0. The quantitative estimate of drug-likeness (QED) is 0.320. The molecule has 6 rings (SSSR count). The van der Waals surface area contributed by atoms with Gasteiger partial charge in [-0.05, 0) is 105 Å². The Morgan fingerprint density at radius 2 is 1.87 bits per heavy atom. The van der Waals surface area contributed by atoms with Gasteiger partial charge in [0.25, 0.3) is 5.89 Å². The lowest BCUT2D eigenvalue weighted by Gasteiger charge is -2.30. The predicted octanol–water partition coefficient (Wildman–Crippen LogP) is 5.97. The van der Waals surface area contributed by atoms with Crippen LogP contribution in [0.1, 0.15) is 53.9 Å². The van der Waals surface area contributed by atoms with Crippen molar-refractivity contribution in [3.63, 3.8) is 0 Å². The average Bonchev–Trinajstić information content (AvgIpc) is 3.48. The number of aryl methyl sites for hydroxylation is 1. The van der Waals surface area contributed by atoms with E-state index < -0.39 is 0 Å². The molecule has 1 saturated carbocycles. The molecule has 198 valence electrons. The molecule has 0 unspecified atom stereocenters. The molecular formula is C31H36N4O2S. The SMILES string of the molecule is Cc1noc(-c2ccc3c(c2)CCN(CCC2CCC(NC(=O)Cc4cc5ccccc5s4)CC2)CC3)n1. The van der Waals surface area contributed by atoms with Crippen molar-refractivity contribution in [3.8, 4) is 11.5 Å². The molecule has 0 bridgehead atoms. The van der Waals surface area contributed by atoms with Crippen molar-refractivity contribution >= 4 is 27.3 Å². The Hall–Kier alpha value is -3.03. The molecule has 0 spiro atoms. The maximum Gasteiger partial charge on any atom is 0.257 e. The van der Waals surface area contributed by atoms with Crippen molar-refractivity contribution in [2.24, 2.45) is 5.92 Å². The fraction of sp³-hybridized carbons (Fsp3) is 0.452. The third kappa shape index (κ3) is 6.00. The van der Waals surface area contributed by atoms with Gasteiger partial charge >= 0.3 is 0 Å². The van der Waals surface area contributed by atoms with Crippen LogP contribution in [0.25, 0.3) is 21.5 Å². The first-order valence-corrected chi connectivity index (χ1v) is 14.8. The monoisotopic (exact) mass is 528 g/mol. The van der Waals surface area contributed by atoms with E-state index in [-0.39, 0.29) is 5.91 Å². The number of rotatable bonds is 7. The van der Waals surface area contributed by atoms with Crippen LogP contribution < -0.4 is 5.32 Å². The molecule has 6 nitrogen and oxygen atoms in total. The van der Waals surface area contributed by atoms with Gasteiger partial charge in [0.1, 0.15) is 0 Å². The van der Waals surface area contributed by atoms with Crippen LogP contribution in [-0.2, 0) is 24.1 Å². The topological polar surface area (TPSA) is 71.3 Å². The summed E-state index contributed by atoms with van der Waals surface area (Å²) in [6.07, 6.45) is 8.55. The third-order valence-electron chi connectivity index (χ3n) is 8.25. The molecule has 2 aromatic heterocycles. The summed E-state index contributed by atoms with van der Waals surface area (Å²) in [5, 5.41) is 8.48. The fourth-order valence-corrected chi connectivity index (χ4v) is 7.13. The summed E-state index contributed by atoms with van der Waals surface area (Å²) in [4.78, 5) is 20.8. The van der Waals surface area contributed by atoms with Gasteiger partial charge in [0.15, 0.2) is 5.82 Å². The number of carbonyl (C=O) groups is 1. The van der Waals surface area contributed by atoms with E-state index in [9.17, 15) is 4.79 Å². The number of nitrogens with zero attached hydrogens (tertiary/aromatic N) is 3. The zero-order valence-corrected chi connectivity index (χ0v) is 22.9. The van der Waals surface area contributed by atoms with Gasteiger partial charge in [0.05, 0.1) is 6.42 Å². The lowest BCUT2D eigenvalue weighted by Crippen LogP contribution is -2.38. The maximum atomic E-state index is 12.7. The molecule has 7 heteroatoms. The number of thiophene rings is 1. The van der Waals surface area contributed by atoms with Gasteiger partial charge in [-0.3, -0.25) is 4.79 Å². The van der Waals surface area contributed by atoms with Crippen LogP contribution in [0.5, 0.6) is 0 Å². The normalized spacial score (nSPS) is 20.2. The number of carbonyl (C=O) groups excluding carboxylic acids is 1. The second-order valence-electron chi connectivity index (χ2n) is 11.0. The number of fused-ring (bicyclic) bond motifs is 2. The van der Waals surface area contributed by atoms with E-state index in [0.29, 0.717) is 24.2 Å². The fourth-order valence-electron chi connectivity index (χ4n) is 6.06. The van der Waals surface area contributed by atoms with Crippen molar-refractivity contribution < 1.29 is 9.32 Å². The number of nitrogens with one attached hydrogen (secondary N) is 1. The van der Waals surface area contributed by atoms with Crippen LogP contribution in [0, 0.1) is 12.8 Å². The molecule has 2 aromatic carbocycles. The molecule has 1 fully saturated rings. The van der Waals surface area contributed by atoms with Crippen LogP contribution in [0.2, 0.25) is 0 Å². The van der Waals surface area contributed by atoms with E-state index in [4.69, 9.17) is 4.52 Å². The zero-order valence-electron chi connectivity index (χ0n) is 22.1. The van der Waals surface area contributed by atoms with Crippen molar-refractivity contribution in [1.82, 2.24) is 20.4 Å². The summed E-state index contributed by atoms with van der Waals surface area (Å²) in [6, 6.07) is 17.4. The van der Waals surface area contributed by atoms with Gasteiger partial charge in [-0.15, -0.1) is 11.3 Å². The smallest absolute Gasteiger partial charge is 0.257 e. The standard InChI is InChI=1S/C31H36N4O2S/c1-21-32-31(37-34-21)26-9-8-23-13-16-35(17-14-24(23)18-26)15-12-22-6-10-27(11-7-22)33-30(36)20-28-19-25-4-2-3-5-29(25)38-28/h2-5,8-9,18-19,22,27H,6-7,10-17,20H2,1H3,(H,33,36). The first-order chi connectivity index (χ1) is 18.6. The largest absolute Gasteiger partial charge is 0.353 e. The second-order valence-corrected chi connectivity index (χ2v) is 12.1. The van der Waals surface area contributed by atoms with Crippen LogP contribution in [0.15, 0.2) is 53.1 Å². The van der Waals surface area contributed by atoms with E-state index in [1.54, 1.807) is 11.3 Å². The molecule has 0 saturated heterocycles. The van der Waals surface area contributed by atoms with E-state index in [1.165, 1.54) is 40.5 Å². The van der Waals surface area contributed by atoms with Gasteiger partial charge in [0.2, 0.25) is 5.91 Å². The van der Waals surface area contributed by atoms with E-state index in [0.717, 1.165) is 61.7 Å². The average molecular weight is 529 g/mol. The van der Waals surface area contributed by atoms with E-state index in [2.05, 4.69) is 68.9 Å². The molecule has 0 radical (unpaired) electrons. The zero-order chi connectivity index (χ0) is 25.9. The molecule has 1 amide bonds. The first-order valence-electron chi connectivity index (χ1n) is 14.0. The van der Waals surface area contributed by atoms with Gasteiger partial charge in [-0.1, -0.05) is 29.4 Å². The lowest BCUT2D eigenvalue weighted by molar-refractivity contribution is -0.121. The predicted molar refractivity (Wildman–Crippen MR) is 152 cm³/mol. The van der Waals surface area contributed by atoms with Crippen molar-refractivity contribution in [2.75, 3.05) is 19.6 Å². The minimum Gasteiger partial charge on any atom is -0.353 e. The summed E-state index contributed by atoms with van der Waals surface area (Å²) < 4.78 is 6.63. The summed E-state index contributed by atoms with van der Waals surface area (Å²) in [5.74, 6) is 2.22. The first kappa shape index (κ1) is 25.3. The molecule has 1 aliphatic carbocycles. The number of hydrogen-bond acceptors (Lipinski definition) is 6. The molecule has 0 atom stereocenters. The van der Waals surface area contributed by atoms with Gasteiger partial charge in [-0.25, -0.2) is 0 Å². The van der Waals surface area contributed by atoms with E-state index in [1.807, 2.05) is 6.92 Å². The minimum absolute atomic E-state index is 0.168. The van der Waals surface area contributed by atoms with Crippen LogP contribution >= 0.6 is 11.3 Å². The Balaban J connectivity index is 0.932. The van der Waals surface area contributed by atoms with Crippen molar-refractivity contribution in [3.05, 3.63) is 70.4 Å². The second kappa shape index (κ2) is 11.4. The molecule has 1 aliphatic heterocycles. The Morgan fingerprint density at radius 3 is 2.66 bits per heavy atom. The van der Waals surface area contributed by atoms with Crippen LogP contribution in [0.4, 0.5) is 0 Å². The highest BCUT2D eigenvalue weighted by Crippen LogP contribution is 2.29. The van der Waals surface area contributed by atoms with Crippen molar-refractivity contribution in [2.45, 2.75) is 64.3 Å². The molecule has 38 heavy (non-hydrogen) atoms. The Labute approximate surface area is 228 Å². The summed E-state index contributed by atoms with van der Waals surface area (Å²) in [5.41, 5.74) is 3.87. The van der Waals surface area contributed by atoms with Crippen molar-refractivity contribution in [1.29, 1.82) is 0 Å². The number of hydrogen-bond donors (Lipinski definition) is 1. The Morgan fingerprint density at radius 1 is 1.05 bits per heavy atom. The van der Waals surface area contributed by atoms with Gasteiger partial charge in [-0.2, -0.15) is 4.98 Å². The molecule has 1 N–H and O–H groups in total. The van der Waals surface area contributed by atoms with Gasteiger partial charge in [0, 0.05) is 34.3 Å². The summed E-state index contributed by atoms with van der Waals surface area (Å²) in [6.45, 7) is 5.24. The number of benzene rings is 2. The van der Waals surface area contributed by atoms with Gasteiger partial charge < -0.3 is 14.7 Å². The highest BCUT2D eigenvalue weighted by molar-refractivity contribution is 7.19. The highest BCUT2D eigenvalue weighted by atomic mass is 32.1. The third-order valence-corrected chi connectivity index (χ3v) is 9.37. The summed E-state index contributed by atoms with van der Waals surface area (Å²) >= 11 is 1.73. The molecular weight excluding hydrogens is 492 g/mol. The maximum absolute atomic E-state index is 12.7.